The molecule has 1 N–H and O–H groups in total. The molecular formula is C20H32ClN3O2. The third-order valence-electron chi connectivity index (χ3n) is 4.89. The molecule has 0 spiro atoms. The average Bonchev–Trinajstić information content (AvgIpc) is 2.66. The van der Waals surface area contributed by atoms with Crippen molar-refractivity contribution in [1.29, 1.82) is 0 Å². The first-order chi connectivity index (χ1) is 12.1. The van der Waals surface area contributed by atoms with Crippen LogP contribution in [0.3, 0.4) is 0 Å². The van der Waals surface area contributed by atoms with E-state index in [2.05, 4.69) is 12.2 Å². The van der Waals surface area contributed by atoms with Crippen LogP contribution in [0.25, 0.3) is 0 Å². The van der Waals surface area contributed by atoms with Crippen molar-refractivity contribution in [1.82, 2.24) is 15.1 Å². The van der Waals surface area contributed by atoms with Gasteiger partial charge in [0.1, 0.15) is 0 Å². The third kappa shape index (κ3) is 5.71. The van der Waals surface area contributed by atoms with E-state index in [1.165, 1.54) is 0 Å². The number of hydrogen-bond acceptors (Lipinski definition) is 3. The van der Waals surface area contributed by atoms with E-state index in [1.807, 2.05) is 54.1 Å². The van der Waals surface area contributed by atoms with Crippen molar-refractivity contribution >= 4 is 24.2 Å². The molecule has 0 aliphatic carbocycles. The SMILES string of the molecule is CCCN(C(=O)C(C)CNC)C1CCN(C(=O)c2ccccc2)CC1.Cl. The van der Waals surface area contributed by atoms with Gasteiger partial charge >= 0.3 is 0 Å². The number of hydrogen-bond donors (Lipinski definition) is 1. The van der Waals surface area contributed by atoms with Crippen LogP contribution >= 0.6 is 12.4 Å². The van der Waals surface area contributed by atoms with E-state index in [0.29, 0.717) is 19.6 Å². The summed E-state index contributed by atoms with van der Waals surface area (Å²) in [6.45, 7) is 7.01. The molecule has 0 radical (unpaired) electrons. The molecule has 1 heterocycles. The maximum atomic E-state index is 12.8. The number of nitrogens with one attached hydrogen (secondary N) is 1. The van der Waals surface area contributed by atoms with Crippen molar-refractivity contribution in [2.45, 2.75) is 39.2 Å². The lowest BCUT2D eigenvalue weighted by Gasteiger charge is -2.39. The summed E-state index contributed by atoms with van der Waals surface area (Å²) in [5.74, 6) is 0.306. The van der Waals surface area contributed by atoms with E-state index in [4.69, 9.17) is 0 Å². The number of halogens is 1. The quantitative estimate of drug-likeness (QED) is 0.790. The van der Waals surface area contributed by atoms with Crippen molar-refractivity contribution in [3.05, 3.63) is 35.9 Å². The second kappa shape index (κ2) is 11.2. The summed E-state index contributed by atoms with van der Waals surface area (Å²) in [5, 5.41) is 3.09. The molecule has 1 aromatic carbocycles. The number of likely N-dealkylation sites (tertiary alicyclic amines) is 1. The van der Waals surface area contributed by atoms with Crippen LogP contribution in [0, 0.1) is 5.92 Å². The zero-order valence-electron chi connectivity index (χ0n) is 16.1. The average molecular weight is 382 g/mol. The van der Waals surface area contributed by atoms with Gasteiger partial charge in [0.2, 0.25) is 5.91 Å². The standard InChI is InChI=1S/C20H31N3O2.ClH/c1-4-12-23(19(24)16(2)15-21-3)18-10-13-22(14-11-18)20(25)17-8-6-5-7-9-17;/h5-9,16,18,21H,4,10-15H2,1-3H3;1H. The lowest BCUT2D eigenvalue weighted by molar-refractivity contribution is -0.138. The third-order valence-corrected chi connectivity index (χ3v) is 4.89. The Labute approximate surface area is 163 Å². The largest absolute Gasteiger partial charge is 0.339 e. The summed E-state index contributed by atoms with van der Waals surface area (Å²) < 4.78 is 0. The maximum absolute atomic E-state index is 12.8. The van der Waals surface area contributed by atoms with Crippen LogP contribution in [-0.4, -0.2) is 60.9 Å². The van der Waals surface area contributed by atoms with Gasteiger partial charge in [0, 0.05) is 43.7 Å². The normalized spacial score (nSPS) is 15.9. The molecular weight excluding hydrogens is 350 g/mol. The molecule has 2 amide bonds. The molecule has 2 rings (SSSR count). The Bertz CT molecular complexity index is 559. The van der Waals surface area contributed by atoms with Crippen LogP contribution in [0.2, 0.25) is 0 Å². The minimum Gasteiger partial charge on any atom is -0.339 e. The van der Waals surface area contributed by atoms with Gasteiger partial charge < -0.3 is 15.1 Å². The molecule has 26 heavy (non-hydrogen) atoms. The molecule has 5 nitrogen and oxygen atoms in total. The van der Waals surface area contributed by atoms with E-state index < -0.39 is 0 Å². The molecule has 1 aliphatic rings. The molecule has 1 fully saturated rings. The molecule has 1 unspecified atom stereocenters. The molecule has 0 bridgehead atoms. The number of carbonyl (C=O) groups is 2. The molecule has 1 aromatic rings. The Kier molecular flexibility index (Phi) is 9.66. The number of rotatable bonds is 7. The fraction of sp³-hybridized carbons (Fsp3) is 0.600. The molecule has 6 heteroatoms. The van der Waals surface area contributed by atoms with Gasteiger partial charge in [-0.3, -0.25) is 9.59 Å². The molecule has 0 aromatic heterocycles. The summed E-state index contributed by atoms with van der Waals surface area (Å²) >= 11 is 0. The van der Waals surface area contributed by atoms with E-state index in [1.54, 1.807) is 0 Å². The van der Waals surface area contributed by atoms with Crippen molar-refractivity contribution < 1.29 is 9.59 Å². The van der Waals surface area contributed by atoms with E-state index >= 15 is 0 Å². The van der Waals surface area contributed by atoms with Crippen LogP contribution in [-0.2, 0) is 4.79 Å². The zero-order valence-corrected chi connectivity index (χ0v) is 16.9. The minimum atomic E-state index is -0.0134. The molecule has 0 saturated carbocycles. The topological polar surface area (TPSA) is 52.7 Å². The highest BCUT2D eigenvalue weighted by Crippen LogP contribution is 2.20. The Hall–Kier alpha value is -1.59. The van der Waals surface area contributed by atoms with Gasteiger partial charge in [-0.25, -0.2) is 0 Å². The van der Waals surface area contributed by atoms with Gasteiger partial charge in [-0.1, -0.05) is 32.0 Å². The van der Waals surface area contributed by atoms with Crippen LogP contribution in [0.15, 0.2) is 30.3 Å². The van der Waals surface area contributed by atoms with Crippen LogP contribution < -0.4 is 5.32 Å². The van der Waals surface area contributed by atoms with Crippen LogP contribution in [0.1, 0.15) is 43.5 Å². The first-order valence-corrected chi connectivity index (χ1v) is 9.37. The first-order valence-electron chi connectivity index (χ1n) is 9.37. The lowest BCUT2D eigenvalue weighted by Crippen LogP contribution is -2.51. The predicted octanol–water partition coefficient (Wildman–Crippen LogP) is 2.81. The summed E-state index contributed by atoms with van der Waals surface area (Å²) in [7, 11) is 1.88. The van der Waals surface area contributed by atoms with Crippen LogP contribution in [0.5, 0.6) is 0 Å². The highest BCUT2D eigenvalue weighted by atomic mass is 35.5. The second-order valence-electron chi connectivity index (χ2n) is 6.88. The van der Waals surface area contributed by atoms with Gasteiger partial charge in [0.05, 0.1) is 0 Å². The fourth-order valence-electron chi connectivity index (χ4n) is 3.53. The number of carbonyl (C=O) groups excluding carboxylic acids is 2. The van der Waals surface area contributed by atoms with Gasteiger partial charge in [-0.2, -0.15) is 0 Å². The Morgan fingerprint density at radius 3 is 2.38 bits per heavy atom. The Morgan fingerprint density at radius 2 is 1.85 bits per heavy atom. The molecule has 1 atom stereocenters. The highest BCUT2D eigenvalue weighted by molar-refractivity contribution is 5.94. The summed E-state index contributed by atoms with van der Waals surface area (Å²) in [5.41, 5.74) is 0.741. The number of piperidine rings is 1. The molecule has 1 aliphatic heterocycles. The van der Waals surface area contributed by atoms with Gasteiger partial charge in [-0.15, -0.1) is 12.4 Å². The van der Waals surface area contributed by atoms with Crippen molar-refractivity contribution in [2.75, 3.05) is 33.2 Å². The van der Waals surface area contributed by atoms with Crippen molar-refractivity contribution in [3.63, 3.8) is 0 Å². The Balaban J connectivity index is 0.00000338. The molecule has 146 valence electrons. The van der Waals surface area contributed by atoms with Gasteiger partial charge in [0.25, 0.3) is 5.91 Å². The Morgan fingerprint density at radius 1 is 1.23 bits per heavy atom. The summed E-state index contributed by atoms with van der Waals surface area (Å²) in [6.07, 6.45) is 2.67. The molecule has 1 saturated heterocycles. The van der Waals surface area contributed by atoms with Gasteiger partial charge in [0.15, 0.2) is 0 Å². The fourth-order valence-corrected chi connectivity index (χ4v) is 3.53. The highest BCUT2D eigenvalue weighted by Gasteiger charge is 2.31. The van der Waals surface area contributed by atoms with Crippen molar-refractivity contribution in [3.8, 4) is 0 Å². The number of amides is 2. The zero-order chi connectivity index (χ0) is 18.2. The van der Waals surface area contributed by atoms with Gasteiger partial charge in [-0.05, 0) is 38.4 Å². The van der Waals surface area contributed by atoms with E-state index in [9.17, 15) is 9.59 Å². The van der Waals surface area contributed by atoms with Crippen molar-refractivity contribution in [2.24, 2.45) is 5.92 Å². The predicted molar refractivity (Wildman–Crippen MR) is 108 cm³/mol. The minimum absolute atomic E-state index is 0. The maximum Gasteiger partial charge on any atom is 0.253 e. The smallest absolute Gasteiger partial charge is 0.253 e. The van der Waals surface area contributed by atoms with E-state index in [0.717, 1.165) is 31.4 Å². The summed E-state index contributed by atoms with van der Waals surface area (Å²) in [4.78, 5) is 29.3. The monoisotopic (exact) mass is 381 g/mol. The second-order valence-corrected chi connectivity index (χ2v) is 6.88. The number of nitrogens with zero attached hydrogens (tertiary/aromatic N) is 2. The number of benzene rings is 1. The summed E-state index contributed by atoms with van der Waals surface area (Å²) in [6, 6.07) is 9.67. The van der Waals surface area contributed by atoms with Crippen LogP contribution in [0.4, 0.5) is 0 Å². The first kappa shape index (κ1) is 22.5. The van der Waals surface area contributed by atoms with E-state index in [-0.39, 0.29) is 36.2 Å². The lowest BCUT2D eigenvalue weighted by atomic mass is 9.99.